The Balaban J connectivity index is 2.32. The van der Waals surface area contributed by atoms with E-state index in [4.69, 9.17) is 9.47 Å². The first kappa shape index (κ1) is 14.9. The summed E-state index contributed by atoms with van der Waals surface area (Å²) in [6.45, 7) is 0. The average molecular weight is 286 g/mol. The minimum Gasteiger partial charge on any atom is -0.493 e. The van der Waals surface area contributed by atoms with Gasteiger partial charge < -0.3 is 14.6 Å². The van der Waals surface area contributed by atoms with Gasteiger partial charge in [0.05, 0.1) is 20.1 Å². The molecular weight excluding hydrogens is 268 g/mol. The van der Waals surface area contributed by atoms with Crippen LogP contribution in [0.3, 0.4) is 0 Å². The molecule has 0 bridgehead atoms. The molecule has 110 valence electrons. The minimum atomic E-state index is -0.855. The number of rotatable bonds is 6. The van der Waals surface area contributed by atoms with Gasteiger partial charge in [-0.15, -0.1) is 0 Å². The summed E-state index contributed by atoms with van der Waals surface area (Å²) in [4.78, 5) is 11.6. The van der Waals surface area contributed by atoms with Crippen LogP contribution in [0.15, 0.2) is 48.5 Å². The van der Waals surface area contributed by atoms with Crippen molar-refractivity contribution in [2.45, 2.75) is 12.3 Å². The number of carboxylic acid groups (broad SMARTS) is 1. The Morgan fingerprint density at radius 3 is 2.29 bits per heavy atom. The van der Waals surface area contributed by atoms with Gasteiger partial charge in [-0.05, 0) is 29.7 Å². The second-order valence-corrected chi connectivity index (χ2v) is 4.69. The zero-order valence-electron chi connectivity index (χ0n) is 12.1. The van der Waals surface area contributed by atoms with E-state index >= 15 is 0 Å². The molecule has 0 saturated heterocycles. The monoisotopic (exact) mass is 286 g/mol. The van der Waals surface area contributed by atoms with Gasteiger partial charge in [-0.3, -0.25) is 4.79 Å². The van der Waals surface area contributed by atoms with Crippen molar-refractivity contribution in [3.8, 4) is 11.5 Å². The van der Waals surface area contributed by atoms with Crippen molar-refractivity contribution in [2.24, 2.45) is 0 Å². The van der Waals surface area contributed by atoms with Gasteiger partial charge >= 0.3 is 5.97 Å². The molecule has 21 heavy (non-hydrogen) atoms. The van der Waals surface area contributed by atoms with Crippen LogP contribution in [0.25, 0.3) is 0 Å². The topological polar surface area (TPSA) is 55.8 Å². The fraction of sp³-hybridized carbons (Fsp3) is 0.235. The van der Waals surface area contributed by atoms with Crippen molar-refractivity contribution in [2.75, 3.05) is 14.2 Å². The van der Waals surface area contributed by atoms with Gasteiger partial charge in [0.1, 0.15) is 0 Å². The molecule has 2 aromatic rings. The summed E-state index contributed by atoms with van der Waals surface area (Å²) in [7, 11) is 3.09. The number of aliphatic carboxylic acids is 1. The van der Waals surface area contributed by atoms with Crippen molar-refractivity contribution in [3.05, 3.63) is 59.7 Å². The number of benzene rings is 2. The van der Waals surface area contributed by atoms with Gasteiger partial charge in [0.25, 0.3) is 0 Å². The van der Waals surface area contributed by atoms with E-state index in [1.807, 2.05) is 30.3 Å². The van der Waals surface area contributed by atoms with Crippen LogP contribution in [0.5, 0.6) is 11.5 Å². The first-order valence-corrected chi connectivity index (χ1v) is 6.64. The van der Waals surface area contributed by atoms with E-state index in [2.05, 4.69) is 0 Å². The van der Waals surface area contributed by atoms with Gasteiger partial charge in [-0.1, -0.05) is 36.4 Å². The highest BCUT2D eigenvalue weighted by Gasteiger charge is 2.21. The molecule has 1 atom stereocenters. The molecule has 0 aliphatic heterocycles. The summed E-state index contributed by atoms with van der Waals surface area (Å²) in [5.41, 5.74) is 1.68. The van der Waals surface area contributed by atoms with Gasteiger partial charge in [-0.2, -0.15) is 0 Å². The van der Waals surface area contributed by atoms with Crippen molar-refractivity contribution < 1.29 is 19.4 Å². The zero-order chi connectivity index (χ0) is 15.2. The molecule has 4 heteroatoms. The van der Waals surface area contributed by atoms with Crippen LogP contribution in [0.2, 0.25) is 0 Å². The third kappa shape index (κ3) is 3.54. The molecule has 0 aliphatic carbocycles. The van der Waals surface area contributed by atoms with E-state index in [0.29, 0.717) is 23.5 Å². The maximum absolute atomic E-state index is 11.6. The Morgan fingerprint density at radius 2 is 1.71 bits per heavy atom. The third-order valence-electron chi connectivity index (χ3n) is 3.39. The van der Waals surface area contributed by atoms with Crippen LogP contribution in [-0.2, 0) is 11.2 Å². The highest BCUT2D eigenvalue weighted by atomic mass is 16.5. The molecule has 0 heterocycles. The summed E-state index contributed by atoms with van der Waals surface area (Å²) in [5.74, 6) is -0.349. The summed E-state index contributed by atoms with van der Waals surface area (Å²) in [5, 5.41) is 9.51. The van der Waals surface area contributed by atoms with Crippen molar-refractivity contribution in [1.82, 2.24) is 0 Å². The van der Waals surface area contributed by atoms with Crippen LogP contribution in [-0.4, -0.2) is 25.3 Å². The number of carbonyl (C=O) groups is 1. The van der Waals surface area contributed by atoms with Crippen molar-refractivity contribution in [1.29, 1.82) is 0 Å². The van der Waals surface area contributed by atoms with Crippen LogP contribution in [0.4, 0.5) is 0 Å². The second kappa shape index (κ2) is 6.79. The van der Waals surface area contributed by atoms with Crippen molar-refractivity contribution >= 4 is 5.97 Å². The molecule has 2 rings (SSSR count). The van der Waals surface area contributed by atoms with E-state index in [1.54, 1.807) is 25.3 Å². The molecule has 0 unspecified atom stereocenters. The van der Waals surface area contributed by atoms with E-state index in [0.717, 1.165) is 5.56 Å². The Hall–Kier alpha value is -2.49. The molecule has 0 aliphatic rings. The van der Waals surface area contributed by atoms with Crippen LogP contribution in [0, 0.1) is 0 Å². The smallest absolute Gasteiger partial charge is 0.311 e. The average Bonchev–Trinajstić information content (AvgIpc) is 2.52. The van der Waals surface area contributed by atoms with Gasteiger partial charge in [0, 0.05) is 0 Å². The number of carboxylic acids is 1. The fourth-order valence-corrected chi connectivity index (χ4v) is 2.27. The van der Waals surface area contributed by atoms with Gasteiger partial charge in [-0.25, -0.2) is 0 Å². The Labute approximate surface area is 123 Å². The zero-order valence-corrected chi connectivity index (χ0v) is 12.1. The summed E-state index contributed by atoms with van der Waals surface area (Å²) >= 11 is 0. The van der Waals surface area contributed by atoms with E-state index in [1.165, 1.54) is 7.11 Å². The molecule has 1 N–H and O–H groups in total. The maximum atomic E-state index is 11.6. The Bertz CT molecular complexity index is 607. The predicted octanol–water partition coefficient (Wildman–Crippen LogP) is 3.11. The normalized spacial score (nSPS) is 11.7. The molecule has 0 saturated carbocycles. The van der Waals surface area contributed by atoms with E-state index < -0.39 is 11.9 Å². The lowest BCUT2D eigenvalue weighted by Crippen LogP contribution is -2.14. The third-order valence-corrected chi connectivity index (χ3v) is 3.39. The quantitative estimate of drug-likeness (QED) is 0.886. The highest BCUT2D eigenvalue weighted by molar-refractivity contribution is 5.77. The summed E-state index contributed by atoms with van der Waals surface area (Å²) < 4.78 is 10.4. The van der Waals surface area contributed by atoms with Crippen molar-refractivity contribution in [3.63, 3.8) is 0 Å². The number of hydrogen-bond acceptors (Lipinski definition) is 3. The number of hydrogen-bond donors (Lipinski definition) is 1. The molecule has 0 amide bonds. The fourth-order valence-electron chi connectivity index (χ4n) is 2.27. The van der Waals surface area contributed by atoms with Gasteiger partial charge in [0.15, 0.2) is 11.5 Å². The summed E-state index contributed by atoms with van der Waals surface area (Å²) in [6.07, 6.45) is 0.436. The molecule has 0 fully saturated rings. The first-order valence-electron chi connectivity index (χ1n) is 6.64. The highest BCUT2D eigenvalue weighted by Crippen LogP contribution is 2.32. The molecular formula is C17H18O4. The molecule has 4 nitrogen and oxygen atoms in total. The van der Waals surface area contributed by atoms with Crippen LogP contribution < -0.4 is 9.47 Å². The maximum Gasteiger partial charge on any atom is 0.311 e. The second-order valence-electron chi connectivity index (χ2n) is 4.69. The summed E-state index contributed by atoms with van der Waals surface area (Å²) in [6, 6.07) is 14.8. The lowest BCUT2D eigenvalue weighted by Gasteiger charge is -2.15. The van der Waals surface area contributed by atoms with Crippen LogP contribution in [0.1, 0.15) is 17.0 Å². The van der Waals surface area contributed by atoms with E-state index in [-0.39, 0.29) is 0 Å². The predicted molar refractivity (Wildman–Crippen MR) is 80.1 cm³/mol. The first-order chi connectivity index (χ1) is 10.2. The minimum absolute atomic E-state index is 0.436. The molecule has 0 radical (unpaired) electrons. The molecule has 2 aromatic carbocycles. The van der Waals surface area contributed by atoms with E-state index in [9.17, 15) is 9.90 Å². The lowest BCUT2D eigenvalue weighted by molar-refractivity contribution is -0.138. The Morgan fingerprint density at radius 1 is 1.05 bits per heavy atom. The lowest BCUT2D eigenvalue weighted by atomic mass is 9.92. The van der Waals surface area contributed by atoms with Crippen LogP contribution >= 0.6 is 0 Å². The largest absolute Gasteiger partial charge is 0.493 e. The Kier molecular flexibility index (Phi) is 4.82. The SMILES string of the molecule is COc1ccc([C@@H](Cc2ccccc2)C(=O)O)cc1OC. The standard InChI is InChI=1S/C17H18O4/c1-20-15-9-8-13(11-16(15)21-2)14(17(18)19)10-12-6-4-3-5-7-12/h3-9,11,14H,10H2,1-2H3,(H,18,19)/t14-/m1/s1. The van der Waals surface area contributed by atoms with Gasteiger partial charge in [0.2, 0.25) is 0 Å². The molecule has 0 aromatic heterocycles. The number of methoxy groups -OCH3 is 2. The molecule has 0 spiro atoms. The number of ether oxygens (including phenoxy) is 2.